The van der Waals surface area contributed by atoms with Crippen molar-refractivity contribution in [1.29, 1.82) is 0 Å². The van der Waals surface area contributed by atoms with Crippen LogP contribution in [0.3, 0.4) is 0 Å². The average molecular weight is 344 g/mol. The van der Waals surface area contributed by atoms with Gasteiger partial charge in [0, 0.05) is 29.4 Å². The van der Waals surface area contributed by atoms with Crippen LogP contribution in [0.4, 0.5) is 16.2 Å². The molecule has 3 rings (SSSR count). The molecule has 1 aliphatic rings. The number of benzene rings is 1. The van der Waals surface area contributed by atoms with Gasteiger partial charge >= 0.3 is 6.03 Å². The van der Waals surface area contributed by atoms with Crippen LogP contribution in [0.5, 0.6) is 0 Å². The number of rotatable bonds is 5. The van der Waals surface area contributed by atoms with Gasteiger partial charge in [0.2, 0.25) is 5.91 Å². The fraction of sp³-hybridized carbons (Fsp3) is 0.353. The Bertz CT molecular complexity index is 755. The van der Waals surface area contributed by atoms with Gasteiger partial charge in [-0.05, 0) is 43.9 Å². The summed E-state index contributed by atoms with van der Waals surface area (Å²) in [6, 6.07) is 6.76. The lowest BCUT2D eigenvalue weighted by atomic mass is 10.2. The lowest BCUT2D eigenvalue weighted by Crippen LogP contribution is -2.33. The predicted molar refractivity (Wildman–Crippen MR) is 95.2 cm³/mol. The van der Waals surface area contributed by atoms with Crippen molar-refractivity contribution >= 4 is 34.6 Å². The number of aryl methyl sites for hydroxylation is 1. The van der Waals surface area contributed by atoms with Crippen LogP contribution >= 0.6 is 11.3 Å². The zero-order valence-corrected chi connectivity index (χ0v) is 14.4. The fourth-order valence-electron chi connectivity index (χ4n) is 2.51. The van der Waals surface area contributed by atoms with E-state index >= 15 is 0 Å². The topological polar surface area (TPSA) is 83.1 Å². The van der Waals surface area contributed by atoms with Crippen molar-refractivity contribution in [3.63, 3.8) is 0 Å². The third kappa shape index (κ3) is 4.32. The fourth-order valence-corrected chi connectivity index (χ4v) is 3.43. The first-order chi connectivity index (χ1) is 11.5. The Morgan fingerprint density at radius 2 is 1.96 bits per heavy atom. The largest absolute Gasteiger partial charge is 0.328 e. The van der Waals surface area contributed by atoms with Crippen molar-refractivity contribution in [1.82, 2.24) is 10.3 Å². The van der Waals surface area contributed by atoms with Gasteiger partial charge in [0.05, 0.1) is 6.04 Å². The van der Waals surface area contributed by atoms with Gasteiger partial charge in [0.15, 0.2) is 0 Å². The summed E-state index contributed by atoms with van der Waals surface area (Å²) in [6.45, 7) is 3.46. The summed E-state index contributed by atoms with van der Waals surface area (Å²) < 4.78 is 0. The molecule has 0 radical (unpaired) electrons. The Kier molecular flexibility index (Phi) is 4.80. The summed E-state index contributed by atoms with van der Waals surface area (Å²) in [5, 5.41) is 9.50. The summed E-state index contributed by atoms with van der Waals surface area (Å²) >= 11 is 1.62. The zero-order chi connectivity index (χ0) is 17.1. The molecule has 126 valence electrons. The molecule has 3 amide bonds. The van der Waals surface area contributed by atoms with Gasteiger partial charge < -0.3 is 16.0 Å². The highest BCUT2D eigenvalue weighted by atomic mass is 32.1. The zero-order valence-electron chi connectivity index (χ0n) is 13.6. The molecule has 6 nitrogen and oxygen atoms in total. The van der Waals surface area contributed by atoms with E-state index in [1.807, 2.05) is 13.1 Å². The standard InChI is InChI=1S/C17H20N4O2S/c1-10-9-18-16(24-10)15(12-6-7-12)21-17(23)20-14-5-3-4-13(8-14)19-11(2)22/h3-5,8-9,12,15H,6-7H2,1-2H3,(H,19,22)(H2,20,21,23). The SMILES string of the molecule is CC(=O)Nc1cccc(NC(=O)NC(c2ncc(C)s2)C2CC2)c1. The summed E-state index contributed by atoms with van der Waals surface area (Å²) in [6.07, 6.45) is 4.06. The second-order valence-corrected chi connectivity index (χ2v) is 7.25. The lowest BCUT2D eigenvalue weighted by molar-refractivity contribution is -0.114. The third-order valence-electron chi connectivity index (χ3n) is 3.73. The second-order valence-electron chi connectivity index (χ2n) is 5.98. The minimum atomic E-state index is -0.264. The summed E-state index contributed by atoms with van der Waals surface area (Å²) in [4.78, 5) is 29.0. The number of carbonyl (C=O) groups is 2. The first-order valence-corrected chi connectivity index (χ1v) is 8.70. The molecule has 1 atom stereocenters. The molecule has 0 spiro atoms. The van der Waals surface area contributed by atoms with Crippen LogP contribution in [-0.4, -0.2) is 16.9 Å². The summed E-state index contributed by atoms with van der Waals surface area (Å²) in [7, 11) is 0. The summed E-state index contributed by atoms with van der Waals surface area (Å²) in [5.74, 6) is 0.316. The monoisotopic (exact) mass is 344 g/mol. The quantitative estimate of drug-likeness (QED) is 0.773. The Morgan fingerprint density at radius 3 is 2.54 bits per heavy atom. The van der Waals surface area contributed by atoms with Crippen LogP contribution in [0, 0.1) is 12.8 Å². The maximum atomic E-state index is 12.3. The number of hydrogen-bond donors (Lipinski definition) is 3. The maximum absolute atomic E-state index is 12.3. The molecule has 7 heteroatoms. The van der Waals surface area contributed by atoms with E-state index in [9.17, 15) is 9.59 Å². The van der Waals surface area contributed by atoms with Crippen LogP contribution in [0.15, 0.2) is 30.5 Å². The summed E-state index contributed by atoms with van der Waals surface area (Å²) in [5.41, 5.74) is 1.28. The Morgan fingerprint density at radius 1 is 1.25 bits per heavy atom. The van der Waals surface area contributed by atoms with E-state index in [1.54, 1.807) is 35.6 Å². The number of nitrogens with zero attached hydrogens (tertiary/aromatic N) is 1. The molecule has 1 unspecified atom stereocenters. The van der Waals surface area contributed by atoms with E-state index in [-0.39, 0.29) is 18.0 Å². The average Bonchev–Trinajstić information content (AvgIpc) is 3.26. The Labute approximate surface area is 144 Å². The molecule has 1 aromatic carbocycles. The number of anilines is 2. The second kappa shape index (κ2) is 7.00. The molecule has 0 saturated heterocycles. The number of carbonyl (C=O) groups excluding carboxylic acids is 2. The van der Waals surface area contributed by atoms with Crippen molar-refractivity contribution in [2.45, 2.75) is 32.7 Å². The highest BCUT2D eigenvalue weighted by Gasteiger charge is 2.35. The van der Waals surface area contributed by atoms with Crippen LogP contribution in [0.2, 0.25) is 0 Å². The highest BCUT2D eigenvalue weighted by Crippen LogP contribution is 2.42. The lowest BCUT2D eigenvalue weighted by Gasteiger charge is -2.16. The number of aromatic nitrogens is 1. The molecule has 1 heterocycles. The van der Waals surface area contributed by atoms with Crippen molar-refractivity contribution in [3.8, 4) is 0 Å². The van der Waals surface area contributed by atoms with E-state index < -0.39 is 0 Å². The number of nitrogens with one attached hydrogen (secondary N) is 3. The van der Waals surface area contributed by atoms with E-state index in [2.05, 4.69) is 20.9 Å². The van der Waals surface area contributed by atoms with Crippen LogP contribution in [0.25, 0.3) is 0 Å². The van der Waals surface area contributed by atoms with E-state index in [1.165, 1.54) is 6.92 Å². The molecule has 3 N–H and O–H groups in total. The van der Waals surface area contributed by atoms with Crippen molar-refractivity contribution in [2.75, 3.05) is 10.6 Å². The first-order valence-electron chi connectivity index (χ1n) is 7.89. The molecule has 0 bridgehead atoms. The number of amides is 3. The number of urea groups is 1. The van der Waals surface area contributed by atoms with E-state index in [4.69, 9.17) is 0 Å². The van der Waals surface area contributed by atoms with Crippen LogP contribution in [-0.2, 0) is 4.79 Å². The molecule has 24 heavy (non-hydrogen) atoms. The van der Waals surface area contributed by atoms with Gasteiger partial charge in [-0.3, -0.25) is 4.79 Å². The molecule has 0 aliphatic heterocycles. The Hall–Kier alpha value is -2.41. The van der Waals surface area contributed by atoms with Gasteiger partial charge in [-0.25, -0.2) is 9.78 Å². The number of thiazole rings is 1. The highest BCUT2D eigenvalue weighted by molar-refractivity contribution is 7.11. The molecule has 1 saturated carbocycles. The molecule has 1 aliphatic carbocycles. The maximum Gasteiger partial charge on any atom is 0.319 e. The van der Waals surface area contributed by atoms with Gasteiger partial charge in [-0.1, -0.05) is 6.07 Å². The predicted octanol–water partition coefficient (Wildman–Crippen LogP) is 3.68. The van der Waals surface area contributed by atoms with E-state index in [0.717, 1.165) is 22.7 Å². The number of hydrogen-bond acceptors (Lipinski definition) is 4. The molecular formula is C17H20N4O2S. The van der Waals surface area contributed by atoms with Crippen molar-refractivity contribution < 1.29 is 9.59 Å². The molecular weight excluding hydrogens is 324 g/mol. The molecule has 1 fully saturated rings. The van der Waals surface area contributed by atoms with Gasteiger partial charge in [0.1, 0.15) is 5.01 Å². The smallest absolute Gasteiger partial charge is 0.319 e. The van der Waals surface area contributed by atoms with Gasteiger partial charge in [-0.2, -0.15) is 0 Å². The van der Waals surface area contributed by atoms with Crippen molar-refractivity contribution in [2.24, 2.45) is 5.92 Å². The van der Waals surface area contributed by atoms with Gasteiger partial charge in [0.25, 0.3) is 0 Å². The molecule has 2 aromatic rings. The minimum absolute atomic E-state index is 0.0396. The van der Waals surface area contributed by atoms with Crippen LogP contribution < -0.4 is 16.0 Å². The minimum Gasteiger partial charge on any atom is -0.328 e. The Balaban J connectivity index is 1.65. The van der Waals surface area contributed by atoms with Crippen LogP contribution in [0.1, 0.15) is 35.7 Å². The van der Waals surface area contributed by atoms with Crippen molar-refractivity contribution in [3.05, 3.63) is 40.3 Å². The third-order valence-corrected chi connectivity index (χ3v) is 4.72. The van der Waals surface area contributed by atoms with E-state index in [0.29, 0.717) is 17.3 Å². The van der Waals surface area contributed by atoms with Gasteiger partial charge in [-0.15, -0.1) is 11.3 Å². The molecule has 1 aromatic heterocycles. The normalized spacial score (nSPS) is 14.8. The first kappa shape index (κ1) is 16.4.